The van der Waals surface area contributed by atoms with Crippen molar-refractivity contribution in [2.45, 2.75) is 25.6 Å². The Morgan fingerprint density at radius 3 is 2.21 bits per heavy atom. The second-order valence-electron chi connectivity index (χ2n) is 6.32. The van der Waals surface area contributed by atoms with Crippen molar-refractivity contribution in [1.82, 2.24) is 9.88 Å². The van der Waals surface area contributed by atoms with E-state index >= 15 is 0 Å². The molecule has 3 rings (SSSR count). The highest BCUT2D eigenvalue weighted by Crippen LogP contribution is 2.37. The van der Waals surface area contributed by atoms with E-state index < -0.39 is 35.5 Å². The van der Waals surface area contributed by atoms with Gasteiger partial charge in [-0.2, -0.15) is 13.2 Å². The van der Waals surface area contributed by atoms with Crippen LogP contribution in [0.2, 0.25) is 0 Å². The second kappa shape index (κ2) is 7.23. The Morgan fingerprint density at radius 2 is 1.75 bits per heavy atom. The Bertz CT molecular complexity index is 906. The summed E-state index contributed by atoms with van der Waals surface area (Å²) >= 11 is 0. The second-order valence-corrected chi connectivity index (χ2v) is 6.32. The first-order chi connectivity index (χ1) is 13.1. The Morgan fingerprint density at radius 1 is 1.18 bits per heavy atom. The van der Waals surface area contributed by atoms with Crippen molar-refractivity contribution in [3.8, 4) is 5.88 Å². The summed E-state index contributed by atoms with van der Waals surface area (Å²) in [6, 6.07) is 7.14. The molecule has 1 N–H and O–H groups in total. The molecule has 0 saturated heterocycles. The fraction of sp³-hybridized carbons (Fsp3) is 0.316. The zero-order chi connectivity index (χ0) is 20.6. The first kappa shape index (κ1) is 19.8. The molecule has 0 radical (unpaired) electrons. The SMILES string of the molecule is COc1nc([C@@H](C)O)c(CCN2C(=O)c3ccccc3C2=O)cc1C(F)(F)F. The molecule has 0 bridgehead atoms. The van der Waals surface area contributed by atoms with Crippen molar-refractivity contribution in [3.63, 3.8) is 0 Å². The molecule has 2 aromatic rings. The van der Waals surface area contributed by atoms with Crippen LogP contribution in [0.3, 0.4) is 0 Å². The molecule has 1 aromatic heterocycles. The number of benzene rings is 1. The average molecular weight is 394 g/mol. The molecule has 1 aliphatic heterocycles. The van der Waals surface area contributed by atoms with Crippen LogP contribution in [-0.4, -0.2) is 40.5 Å². The summed E-state index contributed by atoms with van der Waals surface area (Å²) in [4.78, 5) is 29.6. The number of pyridine rings is 1. The summed E-state index contributed by atoms with van der Waals surface area (Å²) in [7, 11) is 1.06. The van der Waals surface area contributed by atoms with Gasteiger partial charge in [0.15, 0.2) is 0 Å². The molecule has 0 fully saturated rings. The number of carbonyl (C=O) groups excluding carboxylic acids is 2. The monoisotopic (exact) mass is 394 g/mol. The molecule has 6 nitrogen and oxygen atoms in total. The lowest BCUT2D eigenvalue weighted by Crippen LogP contribution is -2.32. The fourth-order valence-electron chi connectivity index (χ4n) is 3.15. The summed E-state index contributed by atoms with van der Waals surface area (Å²) in [6.07, 6.45) is -5.96. The van der Waals surface area contributed by atoms with Gasteiger partial charge in [0, 0.05) is 6.54 Å². The van der Waals surface area contributed by atoms with Crippen LogP contribution in [0.4, 0.5) is 13.2 Å². The number of rotatable bonds is 5. The molecule has 1 aliphatic rings. The molecule has 28 heavy (non-hydrogen) atoms. The van der Waals surface area contributed by atoms with Crippen LogP contribution in [-0.2, 0) is 12.6 Å². The zero-order valence-electron chi connectivity index (χ0n) is 15.1. The normalized spacial score (nSPS) is 15.0. The van der Waals surface area contributed by atoms with Crippen molar-refractivity contribution in [2.24, 2.45) is 0 Å². The molecule has 0 unspecified atom stereocenters. The molecule has 1 atom stereocenters. The number of ether oxygens (including phenoxy) is 1. The van der Waals surface area contributed by atoms with E-state index in [1.54, 1.807) is 12.1 Å². The first-order valence-electron chi connectivity index (χ1n) is 8.43. The van der Waals surface area contributed by atoms with Crippen molar-refractivity contribution in [1.29, 1.82) is 0 Å². The molecule has 0 spiro atoms. The standard InChI is InChI=1S/C19H17F3N2O4/c1-10(25)15-11(9-14(19(20,21)22)16(23-15)28-2)7-8-24-17(26)12-5-3-4-6-13(12)18(24)27/h3-6,9-10,25H,7-8H2,1-2H3/t10-/m1/s1. The minimum Gasteiger partial charge on any atom is -0.481 e. The van der Waals surface area contributed by atoms with Crippen molar-refractivity contribution in [2.75, 3.05) is 13.7 Å². The summed E-state index contributed by atoms with van der Waals surface area (Å²) in [5.41, 5.74) is -0.489. The lowest BCUT2D eigenvalue weighted by Gasteiger charge is -2.19. The number of alkyl halides is 3. The highest BCUT2D eigenvalue weighted by Gasteiger charge is 2.38. The number of fused-ring (bicyclic) bond motifs is 1. The number of halogens is 3. The first-order valence-corrected chi connectivity index (χ1v) is 8.43. The van der Waals surface area contributed by atoms with E-state index in [9.17, 15) is 27.9 Å². The number of aromatic nitrogens is 1. The molecule has 0 saturated carbocycles. The van der Waals surface area contributed by atoms with E-state index in [-0.39, 0.29) is 35.3 Å². The van der Waals surface area contributed by atoms with Crippen molar-refractivity contribution < 1.29 is 32.6 Å². The number of hydrogen-bond donors (Lipinski definition) is 1. The number of imide groups is 1. The number of aliphatic hydroxyl groups excluding tert-OH is 1. The highest BCUT2D eigenvalue weighted by molar-refractivity contribution is 6.21. The van der Waals surface area contributed by atoms with E-state index in [1.807, 2.05) is 0 Å². The van der Waals surface area contributed by atoms with Gasteiger partial charge in [-0.3, -0.25) is 14.5 Å². The maximum Gasteiger partial charge on any atom is 0.421 e. The molecular weight excluding hydrogens is 377 g/mol. The summed E-state index contributed by atoms with van der Waals surface area (Å²) in [6.45, 7) is 1.22. The molecular formula is C19H17F3N2O4. The number of hydrogen-bond acceptors (Lipinski definition) is 5. The Kier molecular flexibility index (Phi) is 5.12. The van der Waals surface area contributed by atoms with Crippen LogP contribution < -0.4 is 4.74 Å². The van der Waals surface area contributed by atoms with Gasteiger partial charge in [0.2, 0.25) is 5.88 Å². The van der Waals surface area contributed by atoms with Gasteiger partial charge in [-0.15, -0.1) is 0 Å². The minimum atomic E-state index is -4.71. The predicted octanol–water partition coefficient (Wildman–Crippen LogP) is 3.00. The fourth-order valence-corrected chi connectivity index (χ4v) is 3.15. The number of nitrogens with zero attached hydrogens (tertiary/aromatic N) is 2. The van der Waals surface area contributed by atoms with Crippen LogP contribution in [0.5, 0.6) is 5.88 Å². The van der Waals surface area contributed by atoms with Gasteiger partial charge in [-0.25, -0.2) is 4.98 Å². The van der Waals surface area contributed by atoms with Gasteiger partial charge in [0.25, 0.3) is 11.8 Å². The molecule has 0 aliphatic carbocycles. The topological polar surface area (TPSA) is 79.7 Å². The molecule has 148 valence electrons. The Hall–Kier alpha value is -2.94. The number of carbonyl (C=O) groups is 2. The van der Waals surface area contributed by atoms with E-state index in [4.69, 9.17) is 4.74 Å². The zero-order valence-corrected chi connectivity index (χ0v) is 15.1. The minimum absolute atomic E-state index is 0.00135. The third kappa shape index (κ3) is 3.45. The third-order valence-electron chi connectivity index (χ3n) is 4.48. The predicted molar refractivity (Wildman–Crippen MR) is 91.9 cm³/mol. The van der Waals surface area contributed by atoms with Gasteiger partial charge >= 0.3 is 6.18 Å². The summed E-state index contributed by atoms with van der Waals surface area (Å²) < 4.78 is 44.6. The summed E-state index contributed by atoms with van der Waals surface area (Å²) in [5, 5.41) is 9.91. The molecule has 1 aromatic carbocycles. The van der Waals surface area contributed by atoms with E-state index in [0.717, 1.165) is 18.1 Å². The van der Waals surface area contributed by atoms with Gasteiger partial charge in [-0.05, 0) is 37.1 Å². The lowest BCUT2D eigenvalue weighted by molar-refractivity contribution is -0.139. The molecule has 2 amide bonds. The molecule has 9 heteroatoms. The van der Waals surface area contributed by atoms with Crippen LogP contribution in [0, 0.1) is 0 Å². The van der Waals surface area contributed by atoms with Crippen LogP contribution in [0.15, 0.2) is 30.3 Å². The Labute approximate surface area is 158 Å². The highest BCUT2D eigenvalue weighted by atomic mass is 19.4. The van der Waals surface area contributed by atoms with Gasteiger partial charge in [0.1, 0.15) is 5.56 Å². The maximum absolute atomic E-state index is 13.3. The van der Waals surface area contributed by atoms with E-state index in [1.165, 1.54) is 19.1 Å². The number of methoxy groups -OCH3 is 1. The molecule has 2 heterocycles. The third-order valence-corrected chi connectivity index (χ3v) is 4.48. The Balaban J connectivity index is 1.92. The average Bonchev–Trinajstić information content (AvgIpc) is 2.89. The smallest absolute Gasteiger partial charge is 0.421 e. The largest absolute Gasteiger partial charge is 0.481 e. The van der Waals surface area contributed by atoms with Crippen LogP contribution in [0.25, 0.3) is 0 Å². The maximum atomic E-state index is 13.3. The van der Waals surface area contributed by atoms with Crippen LogP contribution >= 0.6 is 0 Å². The number of aliphatic hydroxyl groups is 1. The van der Waals surface area contributed by atoms with E-state index in [0.29, 0.717) is 0 Å². The van der Waals surface area contributed by atoms with Crippen molar-refractivity contribution in [3.05, 3.63) is 58.3 Å². The quantitative estimate of drug-likeness (QED) is 0.789. The van der Waals surface area contributed by atoms with Crippen molar-refractivity contribution >= 4 is 11.8 Å². The van der Waals surface area contributed by atoms with Gasteiger partial charge in [-0.1, -0.05) is 12.1 Å². The van der Waals surface area contributed by atoms with Gasteiger partial charge < -0.3 is 9.84 Å². The number of amides is 2. The summed E-state index contributed by atoms with van der Waals surface area (Å²) in [5.74, 6) is -1.65. The van der Waals surface area contributed by atoms with Crippen LogP contribution in [0.1, 0.15) is 50.6 Å². The lowest BCUT2D eigenvalue weighted by atomic mass is 10.0. The van der Waals surface area contributed by atoms with E-state index in [2.05, 4.69) is 4.98 Å². The van der Waals surface area contributed by atoms with Gasteiger partial charge in [0.05, 0.1) is 30.0 Å².